The number of likely N-dealkylation sites (N-methyl/N-ethyl adjacent to an activating group) is 1. The molecule has 0 saturated carbocycles. The number of aliphatic hydroxyl groups is 1. The largest absolute Gasteiger partial charge is 0.395 e. The quantitative estimate of drug-likeness (QED) is 0.684. The first-order valence-electron chi connectivity index (χ1n) is 5.44. The van der Waals surface area contributed by atoms with Crippen molar-refractivity contribution in [1.82, 2.24) is 10.2 Å². The van der Waals surface area contributed by atoms with Gasteiger partial charge in [0.1, 0.15) is 0 Å². The molecule has 0 saturated heterocycles. The molecule has 15 heavy (non-hydrogen) atoms. The average molecular weight is 216 g/mol. The van der Waals surface area contributed by atoms with Crippen LogP contribution in [0.25, 0.3) is 0 Å². The van der Waals surface area contributed by atoms with Crippen LogP contribution in [-0.4, -0.2) is 47.7 Å². The zero-order valence-corrected chi connectivity index (χ0v) is 10.5. The Morgan fingerprint density at radius 3 is 2.47 bits per heavy atom. The van der Waals surface area contributed by atoms with Crippen molar-refractivity contribution in [2.75, 3.05) is 20.2 Å². The van der Waals surface area contributed by atoms with Crippen LogP contribution in [0.15, 0.2) is 0 Å². The normalized spacial score (nSPS) is 14.1. The molecule has 0 heterocycles. The molecule has 4 nitrogen and oxygen atoms in total. The summed E-state index contributed by atoms with van der Waals surface area (Å²) in [5, 5.41) is 11.9. The van der Waals surface area contributed by atoms with E-state index >= 15 is 0 Å². The van der Waals surface area contributed by atoms with Crippen molar-refractivity contribution in [3.8, 4) is 0 Å². The van der Waals surface area contributed by atoms with E-state index in [0.29, 0.717) is 6.54 Å². The van der Waals surface area contributed by atoms with Gasteiger partial charge in [-0.05, 0) is 34.2 Å². The van der Waals surface area contributed by atoms with Crippen LogP contribution in [0.2, 0.25) is 0 Å². The number of amides is 1. The van der Waals surface area contributed by atoms with E-state index in [1.807, 2.05) is 39.6 Å². The fourth-order valence-corrected chi connectivity index (χ4v) is 1.03. The number of hydrogen-bond donors (Lipinski definition) is 2. The van der Waals surface area contributed by atoms with Gasteiger partial charge in [0, 0.05) is 11.6 Å². The Kier molecular flexibility index (Phi) is 5.83. The van der Waals surface area contributed by atoms with Crippen LogP contribution in [0.4, 0.5) is 0 Å². The van der Waals surface area contributed by atoms with Gasteiger partial charge in [-0.15, -0.1) is 0 Å². The number of aliphatic hydroxyl groups excluding tert-OH is 1. The highest BCUT2D eigenvalue weighted by molar-refractivity contribution is 5.78. The Morgan fingerprint density at radius 1 is 1.53 bits per heavy atom. The van der Waals surface area contributed by atoms with E-state index in [9.17, 15) is 4.79 Å². The smallest absolute Gasteiger partial charge is 0.234 e. The molecule has 1 unspecified atom stereocenters. The minimum Gasteiger partial charge on any atom is -0.395 e. The van der Waals surface area contributed by atoms with Gasteiger partial charge < -0.3 is 10.4 Å². The van der Waals surface area contributed by atoms with Crippen molar-refractivity contribution in [1.29, 1.82) is 0 Å². The highest BCUT2D eigenvalue weighted by atomic mass is 16.3. The second kappa shape index (κ2) is 6.08. The maximum absolute atomic E-state index is 11.6. The molecule has 90 valence electrons. The van der Waals surface area contributed by atoms with Crippen LogP contribution in [0.1, 0.15) is 34.1 Å². The lowest BCUT2D eigenvalue weighted by Crippen LogP contribution is -2.48. The summed E-state index contributed by atoms with van der Waals surface area (Å²) in [4.78, 5) is 13.4. The van der Waals surface area contributed by atoms with Crippen molar-refractivity contribution >= 4 is 5.91 Å². The predicted octanol–water partition coefficient (Wildman–Crippen LogP) is 0.604. The number of carbonyl (C=O) groups excluding carboxylic acids is 1. The molecule has 0 aliphatic heterocycles. The maximum Gasteiger partial charge on any atom is 0.234 e. The standard InChI is InChI=1S/C11H24N2O2/c1-6-11(3,4)12-10(15)7-13(5)9(2)8-14/h9,14H,6-8H2,1-5H3,(H,12,15). The molecular weight excluding hydrogens is 192 g/mol. The Balaban J connectivity index is 4.04. The van der Waals surface area contributed by atoms with Crippen LogP contribution >= 0.6 is 0 Å². The van der Waals surface area contributed by atoms with Crippen molar-refractivity contribution in [2.45, 2.75) is 45.7 Å². The maximum atomic E-state index is 11.6. The molecule has 0 aromatic carbocycles. The lowest BCUT2D eigenvalue weighted by atomic mass is 10.0. The predicted molar refractivity (Wildman–Crippen MR) is 61.7 cm³/mol. The third kappa shape index (κ3) is 5.74. The molecule has 4 heteroatoms. The number of rotatable bonds is 6. The van der Waals surface area contributed by atoms with Gasteiger partial charge in [0.05, 0.1) is 13.2 Å². The number of nitrogens with one attached hydrogen (secondary N) is 1. The molecule has 0 aromatic heterocycles. The Labute approximate surface area is 92.7 Å². The first-order valence-corrected chi connectivity index (χ1v) is 5.44. The lowest BCUT2D eigenvalue weighted by molar-refractivity contribution is -0.124. The van der Waals surface area contributed by atoms with Gasteiger partial charge in [-0.3, -0.25) is 9.69 Å². The van der Waals surface area contributed by atoms with Crippen LogP contribution < -0.4 is 5.32 Å². The van der Waals surface area contributed by atoms with Crippen LogP contribution in [0.5, 0.6) is 0 Å². The van der Waals surface area contributed by atoms with Gasteiger partial charge in [-0.25, -0.2) is 0 Å². The molecule has 2 N–H and O–H groups in total. The van der Waals surface area contributed by atoms with Gasteiger partial charge in [0.2, 0.25) is 5.91 Å². The Morgan fingerprint density at radius 2 is 2.07 bits per heavy atom. The molecule has 0 aliphatic rings. The molecule has 1 atom stereocenters. The van der Waals surface area contributed by atoms with E-state index in [0.717, 1.165) is 6.42 Å². The molecule has 0 radical (unpaired) electrons. The van der Waals surface area contributed by atoms with E-state index < -0.39 is 0 Å². The highest BCUT2D eigenvalue weighted by Gasteiger charge is 2.19. The SMILES string of the molecule is CCC(C)(C)NC(=O)CN(C)C(C)CO. The first-order chi connectivity index (χ1) is 6.82. The van der Waals surface area contributed by atoms with E-state index in [2.05, 4.69) is 5.32 Å². The van der Waals surface area contributed by atoms with Crippen LogP contribution in [0, 0.1) is 0 Å². The summed E-state index contributed by atoms with van der Waals surface area (Å²) < 4.78 is 0. The molecule has 0 rings (SSSR count). The monoisotopic (exact) mass is 216 g/mol. The Hall–Kier alpha value is -0.610. The van der Waals surface area contributed by atoms with Crippen molar-refractivity contribution in [3.05, 3.63) is 0 Å². The van der Waals surface area contributed by atoms with Gasteiger partial charge in [0.25, 0.3) is 0 Å². The molecule has 0 spiro atoms. The summed E-state index contributed by atoms with van der Waals surface area (Å²) >= 11 is 0. The van der Waals surface area contributed by atoms with E-state index in [1.54, 1.807) is 0 Å². The van der Waals surface area contributed by atoms with E-state index in [4.69, 9.17) is 5.11 Å². The molecule has 0 bridgehead atoms. The summed E-state index contributed by atoms with van der Waals surface area (Å²) in [5.41, 5.74) is -0.152. The number of nitrogens with zero attached hydrogens (tertiary/aromatic N) is 1. The van der Waals surface area contributed by atoms with Gasteiger partial charge in [-0.2, -0.15) is 0 Å². The molecule has 0 fully saturated rings. The summed E-state index contributed by atoms with van der Waals surface area (Å²) in [7, 11) is 1.83. The lowest BCUT2D eigenvalue weighted by Gasteiger charge is -2.27. The third-order valence-electron chi connectivity index (χ3n) is 2.77. The summed E-state index contributed by atoms with van der Waals surface area (Å²) in [5.74, 6) is 0.00431. The van der Waals surface area contributed by atoms with Crippen LogP contribution in [-0.2, 0) is 4.79 Å². The van der Waals surface area contributed by atoms with Crippen molar-refractivity contribution < 1.29 is 9.90 Å². The first kappa shape index (κ1) is 14.4. The van der Waals surface area contributed by atoms with Crippen molar-refractivity contribution in [2.24, 2.45) is 0 Å². The highest BCUT2D eigenvalue weighted by Crippen LogP contribution is 2.06. The second-order valence-electron chi connectivity index (χ2n) is 4.73. The fourth-order valence-electron chi connectivity index (χ4n) is 1.03. The topological polar surface area (TPSA) is 52.6 Å². The Bertz CT molecular complexity index is 205. The van der Waals surface area contributed by atoms with Gasteiger partial charge in [0.15, 0.2) is 0 Å². The van der Waals surface area contributed by atoms with Gasteiger partial charge >= 0.3 is 0 Å². The second-order valence-corrected chi connectivity index (χ2v) is 4.73. The summed E-state index contributed by atoms with van der Waals surface area (Å²) in [6.07, 6.45) is 0.901. The fraction of sp³-hybridized carbons (Fsp3) is 0.909. The summed E-state index contributed by atoms with van der Waals surface area (Å²) in [6.45, 7) is 8.32. The minimum atomic E-state index is -0.152. The van der Waals surface area contributed by atoms with E-state index in [1.165, 1.54) is 0 Å². The molecule has 0 aliphatic carbocycles. The van der Waals surface area contributed by atoms with Gasteiger partial charge in [-0.1, -0.05) is 6.92 Å². The molecular formula is C11H24N2O2. The summed E-state index contributed by atoms with van der Waals surface area (Å²) in [6, 6.07) is 0.0143. The average Bonchev–Trinajstić information content (AvgIpc) is 2.15. The van der Waals surface area contributed by atoms with Crippen molar-refractivity contribution in [3.63, 3.8) is 0 Å². The molecule has 0 aromatic rings. The number of hydrogen-bond acceptors (Lipinski definition) is 3. The zero-order chi connectivity index (χ0) is 12.1. The van der Waals surface area contributed by atoms with Crippen LogP contribution in [0.3, 0.4) is 0 Å². The zero-order valence-electron chi connectivity index (χ0n) is 10.5. The minimum absolute atomic E-state index is 0.00431. The molecule has 1 amide bonds. The third-order valence-corrected chi connectivity index (χ3v) is 2.77. The number of carbonyl (C=O) groups is 1. The van der Waals surface area contributed by atoms with E-state index in [-0.39, 0.29) is 24.1 Å².